The molecule has 2 rings (SSSR count). The fourth-order valence-corrected chi connectivity index (χ4v) is 2.42. The number of hydrogen-bond acceptors (Lipinski definition) is 2. The van der Waals surface area contributed by atoms with Crippen LogP contribution < -0.4 is 5.32 Å². The van der Waals surface area contributed by atoms with E-state index in [2.05, 4.69) is 5.32 Å². The molecule has 0 heterocycles. The van der Waals surface area contributed by atoms with Gasteiger partial charge in [-0.3, -0.25) is 9.59 Å². The van der Waals surface area contributed by atoms with Gasteiger partial charge in [-0.15, -0.1) is 0 Å². The maximum Gasteiger partial charge on any atom is 0.306 e. The van der Waals surface area contributed by atoms with Crippen LogP contribution in [0.2, 0.25) is 5.02 Å². The van der Waals surface area contributed by atoms with E-state index < -0.39 is 11.9 Å². The van der Waals surface area contributed by atoms with Crippen LogP contribution in [0.4, 0.5) is 5.69 Å². The fourth-order valence-electron chi connectivity index (χ4n) is 2.24. The first-order valence-electron chi connectivity index (χ1n) is 5.86. The van der Waals surface area contributed by atoms with Crippen molar-refractivity contribution in [1.29, 1.82) is 0 Å². The molecule has 1 fully saturated rings. The molecule has 96 valence electrons. The van der Waals surface area contributed by atoms with Gasteiger partial charge in [-0.2, -0.15) is 0 Å². The van der Waals surface area contributed by atoms with Crippen molar-refractivity contribution in [3.05, 3.63) is 29.3 Å². The van der Waals surface area contributed by atoms with Crippen LogP contribution in [0.1, 0.15) is 19.3 Å². The van der Waals surface area contributed by atoms with Gasteiger partial charge in [0.25, 0.3) is 0 Å². The average Bonchev–Trinajstić information content (AvgIpc) is 2.81. The predicted molar refractivity (Wildman–Crippen MR) is 68.5 cm³/mol. The molecule has 5 heteroatoms. The number of carboxylic acids is 1. The topological polar surface area (TPSA) is 66.4 Å². The minimum absolute atomic E-state index is 0.146. The molecule has 2 N–H and O–H groups in total. The smallest absolute Gasteiger partial charge is 0.306 e. The summed E-state index contributed by atoms with van der Waals surface area (Å²) in [6, 6.07) is 7.00. The third kappa shape index (κ3) is 2.82. The molecule has 1 aromatic carbocycles. The minimum atomic E-state index is -0.817. The Labute approximate surface area is 110 Å². The number of nitrogens with one attached hydrogen (secondary N) is 1. The quantitative estimate of drug-likeness (QED) is 0.885. The number of benzene rings is 1. The molecule has 0 unspecified atom stereocenters. The van der Waals surface area contributed by atoms with Crippen molar-refractivity contribution in [1.82, 2.24) is 0 Å². The zero-order valence-corrected chi connectivity index (χ0v) is 10.5. The Morgan fingerprint density at radius 3 is 2.50 bits per heavy atom. The van der Waals surface area contributed by atoms with Crippen LogP contribution in [0.5, 0.6) is 0 Å². The lowest BCUT2D eigenvalue weighted by atomic mass is 10.0. The summed E-state index contributed by atoms with van der Waals surface area (Å²) >= 11 is 5.95. The van der Waals surface area contributed by atoms with Crippen LogP contribution in [-0.4, -0.2) is 17.0 Å². The summed E-state index contributed by atoms with van der Waals surface area (Å²) < 4.78 is 0. The van der Waals surface area contributed by atoms with Gasteiger partial charge in [0.05, 0.1) is 16.6 Å². The van der Waals surface area contributed by atoms with Gasteiger partial charge in [-0.25, -0.2) is 0 Å². The van der Waals surface area contributed by atoms with Crippen molar-refractivity contribution in [3.8, 4) is 0 Å². The molecular weight excluding hydrogens is 254 g/mol. The molecule has 18 heavy (non-hydrogen) atoms. The number of carbonyl (C=O) groups is 2. The summed E-state index contributed by atoms with van der Waals surface area (Å²) in [6.45, 7) is 0. The monoisotopic (exact) mass is 267 g/mol. The minimum Gasteiger partial charge on any atom is -0.481 e. The molecule has 0 radical (unpaired) electrons. The SMILES string of the molecule is O=C(O)[C@H]1CC[C@@H](C(=O)Nc2ccccc2Cl)C1. The van der Waals surface area contributed by atoms with E-state index in [0.717, 1.165) is 0 Å². The van der Waals surface area contributed by atoms with Gasteiger partial charge in [-0.05, 0) is 31.4 Å². The number of carbonyl (C=O) groups excluding carboxylic acids is 1. The zero-order valence-electron chi connectivity index (χ0n) is 9.73. The third-order valence-electron chi connectivity index (χ3n) is 3.28. The van der Waals surface area contributed by atoms with Crippen molar-refractivity contribution in [2.24, 2.45) is 11.8 Å². The van der Waals surface area contributed by atoms with E-state index in [1.165, 1.54) is 0 Å². The maximum absolute atomic E-state index is 12.0. The molecule has 1 aromatic rings. The van der Waals surface area contributed by atoms with Crippen LogP contribution in [0.15, 0.2) is 24.3 Å². The second-order valence-electron chi connectivity index (χ2n) is 4.51. The largest absolute Gasteiger partial charge is 0.481 e. The molecule has 0 spiro atoms. The number of halogens is 1. The summed E-state index contributed by atoms with van der Waals surface area (Å²) in [5.74, 6) is -1.59. The molecule has 1 amide bonds. The molecule has 0 bridgehead atoms. The van der Waals surface area contributed by atoms with E-state index >= 15 is 0 Å². The second-order valence-corrected chi connectivity index (χ2v) is 4.92. The maximum atomic E-state index is 12.0. The Balaban J connectivity index is 1.98. The molecule has 0 aromatic heterocycles. The summed E-state index contributed by atoms with van der Waals surface area (Å²) in [5.41, 5.74) is 0.572. The molecule has 0 saturated heterocycles. The average molecular weight is 268 g/mol. The Bertz CT molecular complexity index is 475. The Morgan fingerprint density at radius 2 is 1.89 bits per heavy atom. The lowest BCUT2D eigenvalue weighted by molar-refractivity contribution is -0.141. The van der Waals surface area contributed by atoms with Crippen LogP contribution in [-0.2, 0) is 9.59 Å². The van der Waals surface area contributed by atoms with Crippen molar-refractivity contribution in [2.45, 2.75) is 19.3 Å². The highest BCUT2D eigenvalue weighted by atomic mass is 35.5. The summed E-state index contributed by atoms with van der Waals surface area (Å²) in [6.07, 6.45) is 1.59. The van der Waals surface area contributed by atoms with Gasteiger partial charge < -0.3 is 10.4 Å². The molecule has 1 aliphatic rings. The first-order valence-corrected chi connectivity index (χ1v) is 6.24. The Morgan fingerprint density at radius 1 is 1.22 bits per heavy atom. The second kappa shape index (κ2) is 5.40. The van der Waals surface area contributed by atoms with Crippen molar-refractivity contribution in [2.75, 3.05) is 5.32 Å². The predicted octanol–water partition coefficient (Wildman–Crippen LogP) is 2.78. The number of anilines is 1. The summed E-state index contributed by atoms with van der Waals surface area (Å²) in [4.78, 5) is 22.8. The van der Waals surface area contributed by atoms with E-state index in [0.29, 0.717) is 30.0 Å². The Kier molecular flexibility index (Phi) is 3.87. The highest BCUT2D eigenvalue weighted by Crippen LogP contribution is 2.32. The molecule has 4 nitrogen and oxygen atoms in total. The van der Waals surface area contributed by atoms with E-state index in [1.807, 2.05) is 0 Å². The zero-order chi connectivity index (χ0) is 13.1. The third-order valence-corrected chi connectivity index (χ3v) is 3.61. The number of carboxylic acid groups (broad SMARTS) is 1. The van der Waals surface area contributed by atoms with Gasteiger partial charge >= 0.3 is 5.97 Å². The van der Waals surface area contributed by atoms with Crippen LogP contribution >= 0.6 is 11.6 Å². The standard InChI is InChI=1S/C13H14ClNO3/c14-10-3-1-2-4-11(10)15-12(16)8-5-6-9(7-8)13(17)18/h1-4,8-9H,5-7H2,(H,15,16)(H,17,18)/t8-,9+/m1/s1. The van der Waals surface area contributed by atoms with Crippen molar-refractivity contribution >= 4 is 29.2 Å². The Hall–Kier alpha value is -1.55. The summed E-state index contributed by atoms with van der Waals surface area (Å²) in [5, 5.41) is 12.1. The first kappa shape index (κ1) is 12.9. The molecule has 1 aliphatic carbocycles. The number of para-hydroxylation sites is 1. The van der Waals surface area contributed by atoms with Crippen molar-refractivity contribution in [3.63, 3.8) is 0 Å². The van der Waals surface area contributed by atoms with Crippen LogP contribution in [0.25, 0.3) is 0 Å². The highest BCUT2D eigenvalue weighted by Gasteiger charge is 2.33. The normalized spacial score (nSPS) is 22.7. The lowest BCUT2D eigenvalue weighted by Crippen LogP contribution is -2.21. The molecule has 1 saturated carbocycles. The van der Waals surface area contributed by atoms with Crippen LogP contribution in [0.3, 0.4) is 0 Å². The fraction of sp³-hybridized carbons (Fsp3) is 0.385. The van der Waals surface area contributed by atoms with Crippen molar-refractivity contribution < 1.29 is 14.7 Å². The first-order chi connectivity index (χ1) is 8.58. The van der Waals surface area contributed by atoms with Gasteiger partial charge in [0, 0.05) is 5.92 Å². The molecule has 0 aliphatic heterocycles. The van der Waals surface area contributed by atoms with Gasteiger partial charge in [0.2, 0.25) is 5.91 Å². The molecule has 2 atom stereocenters. The van der Waals surface area contributed by atoms with E-state index in [4.69, 9.17) is 16.7 Å². The van der Waals surface area contributed by atoms with Gasteiger partial charge in [-0.1, -0.05) is 23.7 Å². The highest BCUT2D eigenvalue weighted by molar-refractivity contribution is 6.33. The number of rotatable bonds is 3. The molecular formula is C13H14ClNO3. The van der Waals surface area contributed by atoms with Gasteiger partial charge in [0.1, 0.15) is 0 Å². The van der Waals surface area contributed by atoms with E-state index in [1.54, 1.807) is 24.3 Å². The number of amides is 1. The number of hydrogen-bond donors (Lipinski definition) is 2. The van der Waals surface area contributed by atoms with Crippen LogP contribution in [0, 0.1) is 11.8 Å². The summed E-state index contributed by atoms with van der Waals surface area (Å²) in [7, 11) is 0. The van der Waals surface area contributed by atoms with E-state index in [9.17, 15) is 9.59 Å². The van der Waals surface area contributed by atoms with E-state index in [-0.39, 0.29) is 11.8 Å². The number of aliphatic carboxylic acids is 1. The lowest BCUT2D eigenvalue weighted by Gasteiger charge is -2.11. The van der Waals surface area contributed by atoms with Gasteiger partial charge in [0.15, 0.2) is 0 Å².